The van der Waals surface area contributed by atoms with Gasteiger partial charge >= 0.3 is 5.97 Å². The maximum atomic E-state index is 14.2. The molecule has 2 fully saturated rings. The molecule has 40 heavy (non-hydrogen) atoms. The van der Waals surface area contributed by atoms with Crippen molar-refractivity contribution in [2.45, 2.75) is 51.0 Å². The summed E-state index contributed by atoms with van der Waals surface area (Å²) in [5.41, 5.74) is 3.13. The van der Waals surface area contributed by atoms with Gasteiger partial charge in [-0.25, -0.2) is 19.2 Å². The van der Waals surface area contributed by atoms with Crippen LogP contribution in [0.25, 0.3) is 11.0 Å². The summed E-state index contributed by atoms with van der Waals surface area (Å²) in [7, 11) is 0. The van der Waals surface area contributed by atoms with Gasteiger partial charge in [0.25, 0.3) is 0 Å². The summed E-state index contributed by atoms with van der Waals surface area (Å²) in [4.78, 5) is 23.3. The van der Waals surface area contributed by atoms with Crippen molar-refractivity contribution in [1.29, 1.82) is 0 Å². The minimum absolute atomic E-state index is 0.0339. The van der Waals surface area contributed by atoms with Crippen LogP contribution in [0.3, 0.4) is 0 Å². The number of pyridine rings is 1. The number of halogens is 2. The van der Waals surface area contributed by atoms with Crippen LogP contribution in [0.15, 0.2) is 54.6 Å². The molecule has 208 valence electrons. The molecule has 2 aromatic heterocycles. The summed E-state index contributed by atoms with van der Waals surface area (Å²) >= 11 is 5.87. The van der Waals surface area contributed by atoms with Crippen molar-refractivity contribution in [1.82, 2.24) is 19.4 Å². The number of aromatic nitrogens is 3. The molecular weight excluding hydrogens is 535 g/mol. The van der Waals surface area contributed by atoms with Crippen molar-refractivity contribution in [3.05, 3.63) is 88.1 Å². The van der Waals surface area contributed by atoms with Crippen molar-refractivity contribution in [3.8, 4) is 5.88 Å². The predicted molar refractivity (Wildman–Crippen MR) is 148 cm³/mol. The van der Waals surface area contributed by atoms with E-state index in [1.807, 2.05) is 24.3 Å². The number of nitrogens with zero attached hydrogens (tertiary/aromatic N) is 4. The number of hydrogen-bond donors (Lipinski definition) is 1. The average molecular weight is 565 g/mol. The quantitative estimate of drug-likeness (QED) is 0.293. The highest BCUT2D eigenvalue weighted by molar-refractivity contribution is 6.30. The molecule has 0 spiro atoms. The van der Waals surface area contributed by atoms with Crippen LogP contribution in [-0.4, -0.2) is 62.4 Å². The molecule has 0 radical (unpaired) electrons. The average Bonchev–Trinajstić information content (AvgIpc) is 3.25. The standard InChI is InChI=1S/C30H30ClFN4O4/c31-21-6-4-19(25(32)16-21)14-22-2-1-3-29(33-22)40-23-8-11-35(12-9-23)18-28-34-26-15-20(30(37)38)5-7-27(26)36(28)17-24-10-13-39-24/h1-7,15-16,23-24H,8-14,17-18H2,(H,37,38)/t24-/m0/s1. The second kappa shape index (κ2) is 11.5. The minimum Gasteiger partial charge on any atom is -0.478 e. The Morgan fingerprint density at radius 2 is 1.93 bits per heavy atom. The van der Waals surface area contributed by atoms with Crippen LogP contribution < -0.4 is 4.74 Å². The van der Waals surface area contributed by atoms with Crippen LogP contribution in [0.5, 0.6) is 5.88 Å². The number of carboxylic acids is 1. The Bertz CT molecular complexity index is 1530. The lowest BCUT2D eigenvalue weighted by atomic mass is 10.1. The summed E-state index contributed by atoms with van der Waals surface area (Å²) in [5, 5.41) is 9.78. The molecule has 2 aliphatic rings. The van der Waals surface area contributed by atoms with Gasteiger partial charge in [-0.05, 0) is 61.2 Å². The van der Waals surface area contributed by atoms with Gasteiger partial charge < -0.3 is 19.1 Å². The zero-order valence-electron chi connectivity index (χ0n) is 21.9. The molecule has 1 N–H and O–H groups in total. The molecule has 6 rings (SSSR count). The molecule has 0 aliphatic carbocycles. The molecule has 0 amide bonds. The number of piperidine rings is 1. The maximum absolute atomic E-state index is 14.2. The van der Waals surface area contributed by atoms with Gasteiger partial charge in [-0.15, -0.1) is 0 Å². The smallest absolute Gasteiger partial charge is 0.335 e. The summed E-state index contributed by atoms with van der Waals surface area (Å²) in [6, 6.07) is 15.4. The number of rotatable bonds is 9. The molecule has 4 aromatic rings. The van der Waals surface area contributed by atoms with E-state index in [0.717, 1.165) is 56.0 Å². The second-order valence-corrected chi connectivity index (χ2v) is 10.8. The van der Waals surface area contributed by atoms with Gasteiger partial charge in [0.2, 0.25) is 5.88 Å². The molecule has 1 atom stereocenters. The summed E-state index contributed by atoms with van der Waals surface area (Å²) in [6.45, 7) is 3.82. The van der Waals surface area contributed by atoms with Crippen LogP contribution in [0.4, 0.5) is 4.39 Å². The Balaban J connectivity index is 1.09. The Hall–Kier alpha value is -3.53. The molecule has 2 saturated heterocycles. The summed E-state index contributed by atoms with van der Waals surface area (Å²) in [6.07, 6.45) is 3.25. The Kier molecular flexibility index (Phi) is 7.69. The summed E-state index contributed by atoms with van der Waals surface area (Å²) in [5.74, 6) is 0.154. The first-order valence-corrected chi connectivity index (χ1v) is 13.9. The number of imidazole rings is 1. The van der Waals surface area contributed by atoms with Gasteiger partial charge in [0.05, 0.1) is 35.8 Å². The molecule has 10 heteroatoms. The van der Waals surface area contributed by atoms with Gasteiger partial charge in [-0.3, -0.25) is 4.90 Å². The third-order valence-electron chi connectivity index (χ3n) is 7.61. The number of fused-ring (bicyclic) bond motifs is 1. The van der Waals surface area contributed by atoms with Crippen molar-refractivity contribution in [2.75, 3.05) is 19.7 Å². The molecule has 2 aliphatic heterocycles. The van der Waals surface area contributed by atoms with Gasteiger partial charge in [-0.1, -0.05) is 23.7 Å². The van der Waals surface area contributed by atoms with Crippen molar-refractivity contribution in [3.63, 3.8) is 0 Å². The van der Waals surface area contributed by atoms with E-state index in [0.29, 0.717) is 41.5 Å². The lowest BCUT2D eigenvalue weighted by Gasteiger charge is -2.32. The first-order chi connectivity index (χ1) is 19.4. The third kappa shape index (κ3) is 5.96. The number of hydrogen-bond acceptors (Lipinski definition) is 6. The van der Waals surface area contributed by atoms with Crippen LogP contribution in [0, 0.1) is 5.82 Å². The number of carbonyl (C=O) groups is 1. The predicted octanol–water partition coefficient (Wildman–Crippen LogP) is 5.35. The van der Waals surface area contributed by atoms with Gasteiger partial charge in [0.1, 0.15) is 17.7 Å². The normalized spacial score (nSPS) is 18.1. The zero-order chi connectivity index (χ0) is 27.6. The fourth-order valence-corrected chi connectivity index (χ4v) is 5.47. The van der Waals surface area contributed by atoms with Gasteiger partial charge in [0, 0.05) is 42.9 Å². The first kappa shape index (κ1) is 26.7. The number of aromatic carboxylic acids is 1. The molecule has 0 bridgehead atoms. The first-order valence-electron chi connectivity index (χ1n) is 13.5. The lowest BCUT2D eigenvalue weighted by Crippen LogP contribution is -2.39. The topological polar surface area (TPSA) is 89.7 Å². The Labute approximate surface area is 236 Å². The number of likely N-dealkylation sites (tertiary alicyclic amines) is 1. The fourth-order valence-electron chi connectivity index (χ4n) is 5.31. The summed E-state index contributed by atoms with van der Waals surface area (Å²) < 4.78 is 28.3. The molecule has 0 unspecified atom stereocenters. The van der Waals surface area contributed by atoms with E-state index in [1.54, 1.807) is 24.3 Å². The number of carboxylic acid groups (broad SMARTS) is 1. The molecule has 8 nitrogen and oxygen atoms in total. The van der Waals surface area contributed by atoms with Crippen LogP contribution in [-0.2, 0) is 24.2 Å². The van der Waals surface area contributed by atoms with E-state index >= 15 is 0 Å². The van der Waals surface area contributed by atoms with Crippen molar-refractivity contribution in [2.24, 2.45) is 0 Å². The second-order valence-electron chi connectivity index (χ2n) is 10.4. The maximum Gasteiger partial charge on any atom is 0.335 e. The lowest BCUT2D eigenvalue weighted by molar-refractivity contribution is -0.0592. The van der Waals surface area contributed by atoms with Crippen LogP contribution >= 0.6 is 11.6 Å². The monoisotopic (exact) mass is 564 g/mol. The van der Waals surface area contributed by atoms with Gasteiger partial charge in [0.15, 0.2) is 0 Å². The van der Waals surface area contributed by atoms with E-state index in [4.69, 9.17) is 26.1 Å². The largest absolute Gasteiger partial charge is 0.478 e. The zero-order valence-corrected chi connectivity index (χ0v) is 22.7. The highest BCUT2D eigenvalue weighted by atomic mass is 35.5. The molecule has 0 saturated carbocycles. The van der Waals surface area contributed by atoms with Crippen LogP contribution in [0.1, 0.15) is 46.7 Å². The van der Waals surface area contributed by atoms with E-state index in [9.17, 15) is 14.3 Å². The van der Waals surface area contributed by atoms with Crippen molar-refractivity contribution >= 4 is 28.6 Å². The van der Waals surface area contributed by atoms with Crippen molar-refractivity contribution < 1.29 is 23.8 Å². The number of ether oxygens (including phenoxy) is 2. The molecule has 4 heterocycles. The SMILES string of the molecule is O=C(O)c1ccc2c(c1)nc(CN1CCC(Oc3cccc(Cc4ccc(Cl)cc4F)n3)CC1)n2C[C@@H]1CCO1. The Morgan fingerprint density at radius 3 is 2.65 bits per heavy atom. The third-order valence-corrected chi connectivity index (χ3v) is 7.84. The van der Waals surface area contributed by atoms with Crippen LogP contribution in [0.2, 0.25) is 5.02 Å². The van der Waals surface area contributed by atoms with E-state index < -0.39 is 5.97 Å². The molecular formula is C30H30ClFN4O4. The minimum atomic E-state index is -0.959. The Morgan fingerprint density at radius 1 is 1.10 bits per heavy atom. The fraction of sp³-hybridized carbons (Fsp3) is 0.367. The highest BCUT2D eigenvalue weighted by Gasteiger charge is 2.26. The van der Waals surface area contributed by atoms with E-state index in [-0.39, 0.29) is 23.6 Å². The highest BCUT2D eigenvalue weighted by Crippen LogP contribution is 2.25. The number of benzene rings is 2. The molecule has 2 aromatic carbocycles. The van der Waals surface area contributed by atoms with E-state index in [2.05, 4.69) is 14.5 Å². The van der Waals surface area contributed by atoms with Gasteiger partial charge in [-0.2, -0.15) is 0 Å². The van der Waals surface area contributed by atoms with E-state index in [1.165, 1.54) is 6.07 Å².